The number of Topliss-reactive ketones (excluding diaryl/α,β-unsaturated/α-hetero) is 1. The molecule has 2 aromatic carbocycles. The van der Waals surface area contributed by atoms with Gasteiger partial charge in [0.05, 0.1) is 22.5 Å². The second-order valence-electron chi connectivity index (χ2n) is 12.5. The number of carbonyl (C=O) groups is 3. The number of furan rings is 1. The number of fused-ring (bicyclic) bond motifs is 1. The van der Waals surface area contributed by atoms with Crippen molar-refractivity contribution in [1.29, 1.82) is 0 Å². The molecule has 0 aliphatic rings. The third-order valence-electron chi connectivity index (χ3n) is 7.85. The van der Waals surface area contributed by atoms with E-state index in [0.717, 1.165) is 16.8 Å². The number of aryl methyl sites for hydroxylation is 1. The molecule has 0 saturated heterocycles. The Labute approximate surface area is 278 Å². The number of nitrogens with one attached hydrogen (secondary N) is 1. The van der Waals surface area contributed by atoms with Crippen molar-refractivity contribution in [2.45, 2.75) is 65.5 Å². The van der Waals surface area contributed by atoms with Crippen molar-refractivity contribution in [3.63, 3.8) is 0 Å². The van der Waals surface area contributed by atoms with Crippen molar-refractivity contribution >= 4 is 46.0 Å². The quantitative estimate of drug-likeness (QED) is 0.113. The molecule has 47 heavy (non-hydrogen) atoms. The molecule has 5 rings (SSSR count). The van der Waals surface area contributed by atoms with E-state index >= 15 is 0 Å². The SMILES string of the molecule is Cc1nc2ccccc2c(C(=O)C(Cc2ccc(C(=O)OC(C)(C)C)o2)Nc2ncc(-c3cccc(C(C)C(=O)O)c3)cc2Cl)c1C. The fourth-order valence-electron chi connectivity index (χ4n) is 5.26. The lowest BCUT2D eigenvalue weighted by Gasteiger charge is -2.21. The number of ether oxygens (including phenoxy) is 1. The largest absolute Gasteiger partial charge is 0.481 e. The fraction of sp³-hybridized carbons (Fsp3) is 0.270. The van der Waals surface area contributed by atoms with Crippen LogP contribution in [0, 0.1) is 13.8 Å². The van der Waals surface area contributed by atoms with Gasteiger partial charge in [-0.25, -0.2) is 9.78 Å². The number of hydrogen-bond acceptors (Lipinski definition) is 8. The lowest BCUT2D eigenvalue weighted by Crippen LogP contribution is -2.33. The Morgan fingerprint density at radius 1 is 1.00 bits per heavy atom. The molecule has 0 fully saturated rings. The number of anilines is 1. The summed E-state index contributed by atoms with van der Waals surface area (Å²) in [6, 6.07) is 18.7. The summed E-state index contributed by atoms with van der Waals surface area (Å²) >= 11 is 6.76. The van der Waals surface area contributed by atoms with Crippen molar-refractivity contribution in [3.05, 3.63) is 112 Å². The Kier molecular flexibility index (Phi) is 9.49. The summed E-state index contributed by atoms with van der Waals surface area (Å²) in [5.74, 6) is -1.74. The van der Waals surface area contributed by atoms with Gasteiger partial charge >= 0.3 is 11.9 Å². The topological polar surface area (TPSA) is 132 Å². The van der Waals surface area contributed by atoms with Gasteiger partial charge in [-0.05, 0) is 82.5 Å². The molecule has 5 aromatic rings. The van der Waals surface area contributed by atoms with Gasteiger partial charge in [-0.2, -0.15) is 0 Å². The van der Waals surface area contributed by atoms with Crippen molar-refractivity contribution in [2.24, 2.45) is 0 Å². The van der Waals surface area contributed by atoms with Crippen LogP contribution in [0.1, 0.15) is 77.1 Å². The van der Waals surface area contributed by atoms with Crippen molar-refractivity contribution in [3.8, 4) is 11.1 Å². The van der Waals surface area contributed by atoms with Crippen LogP contribution in [0.3, 0.4) is 0 Å². The summed E-state index contributed by atoms with van der Waals surface area (Å²) in [6.45, 7) is 10.7. The monoisotopic (exact) mass is 653 g/mol. The van der Waals surface area contributed by atoms with Crippen molar-refractivity contribution in [1.82, 2.24) is 9.97 Å². The number of hydrogen-bond donors (Lipinski definition) is 2. The van der Waals surface area contributed by atoms with Crippen LogP contribution < -0.4 is 5.32 Å². The molecule has 0 amide bonds. The van der Waals surface area contributed by atoms with Gasteiger partial charge in [0, 0.05) is 34.8 Å². The van der Waals surface area contributed by atoms with Gasteiger partial charge < -0.3 is 19.6 Å². The molecule has 2 N–H and O–H groups in total. The molecular formula is C37H36ClN3O6. The van der Waals surface area contributed by atoms with E-state index in [1.807, 2.05) is 44.2 Å². The molecule has 3 aromatic heterocycles. The van der Waals surface area contributed by atoms with Gasteiger partial charge in [0.2, 0.25) is 5.76 Å². The molecule has 2 atom stereocenters. The zero-order valence-corrected chi connectivity index (χ0v) is 27.8. The first-order valence-electron chi connectivity index (χ1n) is 15.2. The molecular weight excluding hydrogens is 618 g/mol. The first kappa shape index (κ1) is 33.3. The third-order valence-corrected chi connectivity index (χ3v) is 8.14. The van der Waals surface area contributed by atoms with Crippen LogP contribution in [0.15, 0.2) is 77.3 Å². The number of carbonyl (C=O) groups excluding carboxylic acids is 2. The van der Waals surface area contributed by atoms with Crippen LogP contribution >= 0.6 is 11.6 Å². The van der Waals surface area contributed by atoms with Gasteiger partial charge in [-0.3, -0.25) is 14.6 Å². The summed E-state index contributed by atoms with van der Waals surface area (Å²) in [5, 5.41) is 13.7. The zero-order valence-electron chi connectivity index (χ0n) is 27.1. The molecule has 2 unspecified atom stereocenters. The number of aliphatic carboxylic acids is 1. The van der Waals surface area contributed by atoms with Gasteiger partial charge in [-0.15, -0.1) is 0 Å². The van der Waals surface area contributed by atoms with Crippen LogP contribution in [-0.4, -0.2) is 44.4 Å². The third kappa shape index (κ3) is 7.52. The second kappa shape index (κ2) is 13.4. The number of pyridine rings is 2. The Hall–Kier alpha value is -5.02. The van der Waals surface area contributed by atoms with E-state index in [-0.39, 0.29) is 28.8 Å². The summed E-state index contributed by atoms with van der Waals surface area (Å²) in [4.78, 5) is 47.9. The molecule has 10 heteroatoms. The Bertz CT molecular complexity index is 1990. The van der Waals surface area contributed by atoms with E-state index in [0.29, 0.717) is 33.4 Å². The number of para-hydroxylation sites is 1. The van der Waals surface area contributed by atoms with E-state index in [2.05, 4.69) is 15.3 Å². The first-order valence-corrected chi connectivity index (χ1v) is 15.6. The van der Waals surface area contributed by atoms with Crippen LogP contribution in [0.2, 0.25) is 5.02 Å². The zero-order chi connectivity index (χ0) is 34.0. The number of halogens is 1. The lowest BCUT2D eigenvalue weighted by molar-refractivity contribution is -0.138. The average Bonchev–Trinajstić information content (AvgIpc) is 3.49. The smallest absolute Gasteiger partial charge is 0.374 e. The van der Waals surface area contributed by atoms with Gasteiger partial charge in [0.1, 0.15) is 17.2 Å². The minimum atomic E-state index is -0.921. The lowest BCUT2D eigenvalue weighted by atomic mass is 9.92. The standard InChI is InChI=1S/C37H36ClN3O6/c1-20-22(3)40-29-13-8-7-12-27(29)32(20)33(42)30(18-26-14-15-31(46-26)36(45)47-37(4,5)6)41-34-28(38)17-25(19-39-34)24-11-9-10-23(16-24)21(2)35(43)44/h7-17,19,21,30H,18H2,1-6H3,(H,39,41)(H,43,44). The van der Waals surface area contributed by atoms with Gasteiger partial charge in [0.25, 0.3) is 0 Å². The van der Waals surface area contributed by atoms with Crippen molar-refractivity contribution < 1.29 is 28.6 Å². The highest BCUT2D eigenvalue weighted by Crippen LogP contribution is 2.31. The van der Waals surface area contributed by atoms with E-state index in [4.69, 9.17) is 20.8 Å². The highest BCUT2D eigenvalue weighted by atomic mass is 35.5. The predicted octanol–water partition coefficient (Wildman–Crippen LogP) is 8.21. The predicted molar refractivity (Wildman–Crippen MR) is 181 cm³/mol. The van der Waals surface area contributed by atoms with Gasteiger partial charge in [0.15, 0.2) is 5.78 Å². The maximum absolute atomic E-state index is 14.5. The Morgan fingerprint density at radius 2 is 1.74 bits per heavy atom. The number of esters is 1. The maximum Gasteiger partial charge on any atom is 0.374 e. The number of ketones is 1. The fourth-order valence-corrected chi connectivity index (χ4v) is 5.48. The normalized spacial score (nSPS) is 12.8. The minimum absolute atomic E-state index is 0.0301. The maximum atomic E-state index is 14.5. The number of nitrogens with zero attached hydrogens (tertiary/aromatic N) is 2. The van der Waals surface area contributed by atoms with E-state index in [9.17, 15) is 19.5 Å². The van der Waals surface area contributed by atoms with E-state index in [1.165, 1.54) is 6.07 Å². The molecule has 3 heterocycles. The van der Waals surface area contributed by atoms with Gasteiger partial charge in [-0.1, -0.05) is 54.1 Å². The summed E-state index contributed by atoms with van der Waals surface area (Å²) < 4.78 is 11.3. The van der Waals surface area contributed by atoms with E-state index < -0.39 is 29.5 Å². The number of carboxylic acids is 1. The van der Waals surface area contributed by atoms with E-state index in [1.54, 1.807) is 64.2 Å². The number of carboxylic acid groups (broad SMARTS) is 1. The van der Waals surface area contributed by atoms with Crippen molar-refractivity contribution in [2.75, 3.05) is 5.32 Å². The van der Waals surface area contributed by atoms with Crippen LogP contribution in [0.5, 0.6) is 0 Å². The molecule has 0 aliphatic carbocycles. The summed E-state index contributed by atoms with van der Waals surface area (Å²) in [6.07, 6.45) is 1.69. The minimum Gasteiger partial charge on any atom is -0.481 e. The molecule has 0 aliphatic heterocycles. The Morgan fingerprint density at radius 3 is 2.45 bits per heavy atom. The molecule has 0 saturated carbocycles. The van der Waals surface area contributed by atoms with Crippen LogP contribution in [-0.2, 0) is 16.0 Å². The number of aromatic nitrogens is 2. The van der Waals surface area contributed by atoms with Crippen LogP contribution in [0.25, 0.3) is 22.0 Å². The summed E-state index contributed by atoms with van der Waals surface area (Å²) in [7, 11) is 0. The highest BCUT2D eigenvalue weighted by molar-refractivity contribution is 6.33. The molecule has 0 radical (unpaired) electrons. The average molecular weight is 654 g/mol. The summed E-state index contributed by atoms with van der Waals surface area (Å²) in [5.41, 5.74) is 4.08. The molecule has 242 valence electrons. The Balaban J connectivity index is 1.51. The first-order chi connectivity index (χ1) is 22.2. The number of rotatable bonds is 10. The molecule has 0 spiro atoms. The molecule has 9 nitrogen and oxygen atoms in total. The second-order valence-corrected chi connectivity index (χ2v) is 12.9. The molecule has 0 bridgehead atoms. The highest BCUT2D eigenvalue weighted by Gasteiger charge is 2.28. The van der Waals surface area contributed by atoms with Crippen LogP contribution in [0.4, 0.5) is 5.82 Å². The number of benzene rings is 2.